The second-order valence-electron chi connectivity index (χ2n) is 6.97. The summed E-state index contributed by atoms with van der Waals surface area (Å²) in [4.78, 5) is 26.6. The lowest BCUT2D eigenvalue weighted by Gasteiger charge is -2.19. The highest BCUT2D eigenvalue weighted by Gasteiger charge is 2.23. The van der Waals surface area contributed by atoms with E-state index in [1.165, 1.54) is 4.90 Å². The monoisotopic (exact) mass is 417 g/mol. The van der Waals surface area contributed by atoms with Gasteiger partial charge in [-0.25, -0.2) is 0 Å². The van der Waals surface area contributed by atoms with E-state index in [9.17, 15) is 9.59 Å². The lowest BCUT2D eigenvalue weighted by atomic mass is 9.90. The molecule has 0 saturated carbocycles. The predicted molar refractivity (Wildman–Crippen MR) is 124 cm³/mol. The second kappa shape index (κ2) is 9.80. The first-order valence-electron chi connectivity index (χ1n) is 9.49. The first-order valence-corrected chi connectivity index (χ1v) is 9.90. The minimum atomic E-state index is -0.479. The van der Waals surface area contributed by atoms with E-state index in [2.05, 4.69) is 10.6 Å². The van der Waals surface area contributed by atoms with Gasteiger partial charge in [-0.2, -0.15) is 0 Å². The molecule has 0 aliphatic heterocycles. The van der Waals surface area contributed by atoms with Crippen LogP contribution < -0.4 is 10.6 Å². The van der Waals surface area contributed by atoms with Gasteiger partial charge in [-0.15, -0.1) is 0 Å². The maximum Gasteiger partial charge on any atom is 0.253 e. The third-order valence-electron chi connectivity index (χ3n) is 4.56. The summed E-state index contributed by atoms with van der Waals surface area (Å²) in [5, 5.41) is 5.99. The Bertz CT molecular complexity index is 980. The van der Waals surface area contributed by atoms with Crippen molar-refractivity contribution in [3.63, 3.8) is 0 Å². The topological polar surface area (TPSA) is 61.4 Å². The fourth-order valence-electron chi connectivity index (χ4n) is 3.09. The summed E-state index contributed by atoms with van der Waals surface area (Å²) < 4.78 is 0. The number of amides is 2. The van der Waals surface area contributed by atoms with E-state index in [4.69, 9.17) is 12.2 Å². The molecule has 30 heavy (non-hydrogen) atoms. The molecule has 0 aliphatic carbocycles. The summed E-state index contributed by atoms with van der Waals surface area (Å²) in [7, 11) is 3.41. The maximum atomic E-state index is 13.1. The lowest BCUT2D eigenvalue weighted by molar-refractivity contribution is -0.120. The van der Waals surface area contributed by atoms with Gasteiger partial charge in [-0.05, 0) is 47.6 Å². The van der Waals surface area contributed by atoms with Gasteiger partial charge >= 0.3 is 0 Å². The smallest absolute Gasteiger partial charge is 0.253 e. The lowest BCUT2D eigenvalue weighted by Crippen LogP contribution is -2.37. The fraction of sp³-hybridized carbons (Fsp3) is 0.125. The highest BCUT2D eigenvalue weighted by Crippen LogP contribution is 2.24. The van der Waals surface area contributed by atoms with Gasteiger partial charge in [-0.1, -0.05) is 60.7 Å². The van der Waals surface area contributed by atoms with E-state index in [0.717, 1.165) is 11.1 Å². The van der Waals surface area contributed by atoms with Crippen molar-refractivity contribution in [3.8, 4) is 0 Å². The molecule has 5 nitrogen and oxygen atoms in total. The Balaban J connectivity index is 1.71. The molecular weight excluding hydrogens is 394 g/mol. The van der Waals surface area contributed by atoms with Gasteiger partial charge < -0.3 is 15.5 Å². The van der Waals surface area contributed by atoms with Crippen LogP contribution in [0, 0.1) is 0 Å². The number of hydrogen-bond donors (Lipinski definition) is 2. The number of thiocarbonyl (C=S) groups is 1. The van der Waals surface area contributed by atoms with Gasteiger partial charge in [0.25, 0.3) is 5.91 Å². The summed E-state index contributed by atoms with van der Waals surface area (Å²) in [6.07, 6.45) is 0. The number of hydrogen-bond acceptors (Lipinski definition) is 3. The minimum absolute atomic E-state index is 0.0778. The molecule has 2 N–H and O–H groups in total. The Kier molecular flexibility index (Phi) is 6.93. The van der Waals surface area contributed by atoms with Gasteiger partial charge in [0.15, 0.2) is 5.11 Å². The van der Waals surface area contributed by atoms with E-state index < -0.39 is 5.92 Å². The Hall–Kier alpha value is -3.51. The highest BCUT2D eigenvalue weighted by atomic mass is 32.1. The van der Waals surface area contributed by atoms with Crippen molar-refractivity contribution < 1.29 is 9.59 Å². The molecule has 0 spiro atoms. The molecule has 0 saturated heterocycles. The summed E-state index contributed by atoms with van der Waals surface area (Å²) >= 11 is 5.34. The van der Waals surface area contributed by atoms with Crippen LogP contribution in [0.15, 0.2) is 84.9 Å². The molecule has 3 rings (SSSR count). The molecule has 3 aromatic rings. The van der Waals surface area contributed by atoms with E-state index >= 15 is 0 Å². The van der Waals surface area contributed by atoms with Crippen LogP contribution in [-0.2, 0) is 4.79 Å². The van der Waals surface area contributed by atoms with E-state index in [-0.39, 0.29) is 16.9 Å². The number of nitrogens with zero attached hydrogens (tertiary/aromatic N) is 1. The third-order valence-corrected chi connectivity index (χ3v) is 4.76. The molecule has 0 fully saturated rings. The van der Waals surface area contributed by atoms with Gasteiger partial charge in [0.05, 0.1) is 5.92 Å². The number of benzene rings is 3. The summed E-state index contributed by atoms with van der Waals surface area (Å²) in [6.45, 7) is 0. The first-order chi connectivity index (χ1) is 14.5. The van der Waals surface area contributed by atoms with Crippen LogP contribution in [0.3, 0.4) is 0 Å². The molecule has 0 atom stereocenters. The van der Waals surface area contributed by atoms with E-state index in [0.29, 0.717) is 11.3 Å². The predicted octanol–water partition coefficient (Wildman–Crippen LogP) is 4.03. The molecule has 0 unspecified atom stereocenters. The van der Waals surface area contributed by atoms with Crippen LogP contribution in [0.5, 0.6) is 0 Å². The fourth-order valence-corrected chi connectivity index (χ4v) is 3.31. The number of carbonyl (C=O) groups excluding carboxylic acids is 2. The van der Waals surface area contributed by atoms with Gasteiger partial charge in [0.2, 0.25) is 5.91 Å². The number of nitrogens with one attached hydrogen (secondary N) is 2. The average molecular weight is 418 g/mol. The zero-order chi connectivity index (χ0) is 21.5. The molecule has 0 bridgehead atoms. The second-order valence-corrected chi connectivity index (χ2v) is 7.38. The zero-order valence-electron chi connectivity index (χ0n) is 16.8. The summed E-state index contributed by atoms with van der Waals surface area (Å²) in [5.74, 6) is -0.775. The molecular formula is C24H23N3O2S. The van der Waals surface area contributed by atoms with Crippen molar-refractivity contribution in [2.24, 2.45) is 0 Å². The summed E-state index contributed by atoms with van der Waals surface area (Å²) in [6, 6.07) is 26.1. The Morgan fingerprint density at radius 2 is 1.30 bits per heavy atom. The van der Waals surface area contributed by atoms with Crippen molar-refractivity contribution in [3.05, 3.63) is 102 Å². The normalized spacial score (nSPS) is 10.4. The van der Waals surface area contributed by atoms with E-state index in [1.807, 2.05) is 60.7 Å². The molecule has 6 heteroatoms. The van der Waals surface area contributed by atoms with Gasteiger partial charge in [-0.3, -0.25) is 9.59 Å². The van der Waals surface area contributed by atoms with Crippen molar-refractivity contribution in [1.82, 2.24) is 10.2 Å². The Labute approximate surface area is 181 Å². The third kappa shape index (κ3) is 5.30. The number of rotatable bonds is 5. The van der Waals surface area contributed by atoms with Crippen molar-refractivity contribution in [1.29, 1.82) is 0 Å². The van der Waals surface area contributed by atoms with Crippen LogP contribution in [0.1, 0.15) is 27.4 Å². The van der Waals surface area contributed by atoms with Crippen LogP contribution in [0.4, 0.5) is 5.69 Å². The van der Waals surface area contributed by atoms with Crippen LogP contribution in [-0.4, -0.2) is 35.9 Å². The average Bonchev–Trinajstić information content (AvgIpc) is 2.75. The minimum Gasteiger partial charge on any atom is -0.345 e. The summed E-state index contributed by atoms with van der Waals surface area (Å²) in [5.41, 5.74) is 3.03. The standard InChI is InChI=1S/C24H23N3O2S/c1-27(2)23(29)19-13-15-20(16-14-19)25-24(30)26-22(28)21(17-9-5-3-6-10-17)18-11-7-4-8-12-18/h3-16,21H,1-2H3,(H2,25,26,28,30). The SMILES string of the molecule is CN(C)C(=O)c1ccc(NC(=S)NC(=O)C(c2ccccc2)c2ccccc2)cc1. The Morgan fingerprint density at radius 3 is 1.77 bits per heavy atom. The quantitative estimate of drug-likeness (QED) is 0.615. The molecule has 0 aliphatic rings. The first kappa shape index (κ1) is 21.2. The highest BCUT2D eigenvalue weighted by molar-refractivity contribution is 7.80. The van der Waals surface area contributed by atoms with Crippen LogP contribution in [0.2, 0.25) is 0 Å². The molecule has 0 radical (unpaired) electrons. The molecule has 2 amide bonds. The van der Waals surface area contributed by atoms with Crippen LogP contribution in [0.25, 0.3) is 0 Å². The number of anilines is 1. The largest absolute Gasteiger partial charge is 0.345 e. The maximum absolute atomic E-state index is 13.1. The molecule has 152 valence electrons. The zero-order valence-corrected chi connectivity index (χ0v) is 17.6. The van der Waals surface area contributed by atoms with Crippen molar-refractivity contribution >= 4 is 34.8 Å². The van der Waals surface area contributed by atoms with Crippen LogP contribution >= 0.6 is 12.2 Å². The molecule has 0 heterocycles. The van der Waals surface area contributed by atoms with Gasteiger partial charge in [0, 0.05) is 25.3 Å². The number of carbonyl (C=O) groups is 2. The molecule has 3 aromatic carbocycles. The van der Waals surface area contributed by atoms with Gasteiger partial charge in [0.1, 0.15) is 0 Å². The van der Waals surface area contributed by atoms with Crippen molar-refractivity contribution in [2.45, 2.75) is 5.92 Å². The van der Waals surface area contributed by atoms with E-state index in [1.54, 1.807) is 38.4 Å². The Morgan fingerprint density at radius 1 is 0.800 bits per heavy atom. The molecule has 0 aromatic heterocycles. The van der Waals surface area contributed by atoms with Crippen molar-refractivity contribution in [2.75, 3.05) is 19.4 Å².